The molecule has 2 N–H and O–H groups in total. The van der Waals surface area contributed by atoms with Gasteiger partial charge in [-0.05, 0) is 18.7 Å². The second kappa shape index (κ2) is 4.37. The summed E-state index contributed by atoms with van der Waals surface area (Å²) in [6.45, 7) is 2.97. The summed E-state index contributed by atoms with van der Waals surface area (Å²) < 4.78 is 5.12. The zero-order valence-electron chi connectivity index (χ0n) is 8.99. The fraction of sp³-hybridized carbons (Fsp3) is 0.250. The first-order chi connectivity index (χ1) is 7.74. The van der Waals surface area contributed by atoms with Gasteiger partial charge in [0.25, 0.3) is 0 Å². The molecule has 1 aromatic heterocycles. The fourth-order valence-corrected chi connectivity index (χ4v) is 1.58. The lowest BCUT2D eigenvalue weighted by Gasteiger charge is -2.06. The highest BCUT2D eigenvalue weighted by Crippen LogP contribution is 2.25. The first kappa shape index (κ1) is 10.7. The Balaban J connectivity index is 2.61. The van der Waals surface area contributed by atoms with Crippen molar-refractivity contribution >= 4 is 11.0 Å². The highest BCUT2D eigenvalue weighted by Gasteiger charge is 2.12. The summed E-state index contributed by atoms with van der Waals surface area (Å²) in [7, 11) is 0. The number of benzene rings is 1. The molecule has 0 fully saturated rings. The van der Waals surface area contributed by atoms with Crippen LogP contribution in [0.1, 0.15) is 12.5 Å². The van der Waals surface area contributed by atoms with Gasteiger partial charge in [-0.15, -0.1) is 0 Å². The van der Waals surface area contributed by atoms with Crippen LogP contribution in [0.3, 0.4) is 0 Å². The number of nitrogens with one attached hydrogen (secondary N) is 1. The van der Waals surface area contributed by atoms with Gasteiger partial charge in [0.15, 0.2) is 0 Å². The van der Waals surface area contributed by atoms with Gasteiger partial charge in [0, 0.05) is 6.54 Å². The van der Waals surface area contributed by atoms with Gasteiger partial charge in [-0.1, -0.05) is 19.1 Å². The van der Waals surface area contributed by atoms with Gasteiger partial charge in [0.1, 0.15) is 11.3 Å². The van der Waals surface area contributed by atoms with Crippen molar-refractivity contribution < 1.29 is 9.52 Å². The molecule has 0 aliphatic heterocycles. The standard InChI is InChI=1S/C12H13NO3/c1-2-13-7-9-11(14)8-5-3-4-6-10(8)16-12(9)15/h3-6,13-14H,2,7H2,1H3. The molecule has 0 aliphatic carbocycles. The summed E-state index contributed by atoms with van der Waals surface area (Å²) in [5, 5.41) is 13.5. The minimum Gasteiger partial charge on any atom is -0.507 e. The number of rotatable bonds is 3. The summed E-state index contributed by atoms with van der Waals surface area (Å²) in [5.41, 5.74) is 0.197. The monoisotopic (exact) mass is 219 g/mol. The molecule has 1 heterocycles. The van der Waals surface area contributed by atoms with Crippen molar-refractivity contribution in [3.8, 4) is 5.75 Å². The second-order valence-electron chi connectivity index (χ2n) is 3.49. The maximum Gasteiger partial charge on any atom is 0.344 e. The molecule has 84 valence electrons. The maximum atomic E-state index is 11.6. The molecule has 0 unspecified atom stereocenters. The molecule has 0 spiro atoms. The van der Waals surface area contributed by atoms with Crippen LogP contribution in [0.4, 0.5) is 0 Å². The molecule has 4 heteroatoms. The summed E-state index contributed by atoms with van der Waals surface area (Å²) in [5.74, 6) is 0.00722. The predicted molar refractivity (Wildman–Crippen MR) is 61.5 cm³/mol. The molecule has 0 aliphatic rings. The van der Waals surface area contributed by atoms with Crippen LogP contribution in [0.2, 0.25) is 0 Å². The maximum absolute atomic E-state index is 11.6. The van der Waals surface area contributed by atoms with Crippen LogP contribution in [0.5, 0.6) is 5.75 Å². The summed E-state index contributed by atoms with van der Waals surface area (Å²) in [6, 6.07) is 6.93. The quantitative estimate of drug-likeness (QED) is 0.770. The Labute approximate surface area is 92.5 Å². The van der Waals surface area contributed by atoms with Gasteiger partial charge in [0.05, 0.1) is 10.9 Å². The number of fused-ring (bicyclic) bond motifs is 1. The Morgan fingerprint density at radius 1 is 1.38 bits per heavy atom. The van der Waals surface area contributed by atoms with E-state index in [-0.39, 0.29) is 11.3 Å². The SMILES string of the molecule is CCNCc1c(O)c2ccccc2oc1=O. The third-order valence-corrected chi connectivity index (χ3v) is 2.43. The second-order valence-corrected chi connectivity index (χ2v) is 3.49. The van der Waals surface area contributed by atoms with Crippen molar-refractivity contribution in [3.63, 3.8) is 0 Å². The number of para-hydroxylation sites is 1. The summed E-state index contributed by atoms with van der Waals surface area (Å²) >= 11 is 0. The zero-order chi connectivity index (χ0) is 11.5. The van der Waals surface area contributed by atoms with Crippen molar-refractivity contribution in [2.24, 2.45) is 0 Å². The molecular weight excluding hydrogens is 206 g/mol. The zero-order valence-corrected chi connectivity index (χ0v) is 8.99. The Morgan fingerprint density at radius 3 is 2.88 bits per heavy atom. The fourth-order valence-electron chi connectivity index (χ4n) is 1.58. The molecule has 4 nitrogen and oxygen atoms in total. The Hall–Kier alpha value is -1.81. The van der Waals surface area contributed by atoms with Crippen molar-refractivity contribution in [2.45, 2.75) is 13.5 Å². The smallest absolute Gasteiger partial charge is 0.344 e. The molecule has 0 amide bonds. The molecule has 0 saturated carbocycles. The van der Waals surface area contributed by atoms with Crippen molar-refractivity contribution in [3.05, 3.63) is 40.2 Å². The third-order valence-electron chi connectivity index (χ3n) is 2.43. The van der Waals surface area contributed by atoms with Crippen molar-refractivity contribution in [1.82, 2.24) is 5.32 Å². The topological polar surface area (TPSA) is 62.5 Å². The van der Waals surface area contributed by atoms with Gasteiger partial charge in [-0.3, -0.25) is 0 Å². The van der Waals surface area contributed by atoms with Crippen LogP contribution >= 0.6 is 0 Å². The molecule has 1 aromatic carbocycles. The number of aromatic hydroxyl groups is 1. The average molecular weight is 219 g/mol. The molecule has 0 bridgehead atoms. The number of hydrogen-bond donors (Lipinski definition) is 2. The van der Waals surface area contributed by atoms with E-state index in [0.717, 1.165) is 6.54 Å². The predicted octanol–water partition coefficient (Wildman–Crippen LogP) is 1.61. The van der Waals surface area contributed by atoms with E-state index in [4.69, 9.17) is 4.42 Å². The highest BCUT2D eigenvalue weighted by molar-refractivity contribution is 5.83. The average Bonchev–Trinajstić information content (AvgIpc) is 2.29. The van der Waals surface area contributed by atoms with E-state index in [1.165, 1.54) is 0 Å². The van der Waals surface area contributed by atoms with E-state index in [2.05, 4.69) is 5.32 Å². The lowest BCUT2D eigenvalue weighted by Crippen LogP contribution is -2.18. The van der Waals surface area contributed by atoms with Crippen LogP contribution in [0.25, 0.3) is 11.0 Å². The summed E-state index contributed by atoms with van der Waals surface area (Å²) in [4.78, 5) is 11.6. The van der Waals surface area contributed by atoms with Crippen LogP contribution in [-0.2, 0) is 6.54 Å². The van der Waals surface area contributed by atoms with Gasteiger partial charge < -0.3 is 14.8 Å². The minimum absolute atomic E-state index is 0.00722. The molecule has 2 rings (SSSR count). The first-order valence-electron chi connectivity index (χ1n) is 5.18. The van der Waals surface area contributed by atoms with E-state index in [1.54, 1.807) is 24.3 Å². The number of hydrogen-bond acceptors (Lipinski definition) is 4. The largest absolute Gasteiger partial charge is 0.507 e. The van der Waals surface area contributed by atoms with Gasteiger partial charge in [0.2, 0.25) is 0 Å². The van der Waals surface area contributed by atoms with Crippen molar-refractivity contribution in [2.75, 3.05) is 6.54 Å². The highest BCUT2D eigenvalue weighted by atomic mass is 16.4. The van der Waals surface area contributed by atoms with Crippen LogP contribution in [-0.4, -0.2) is 11.7 Å². The third kappa shape index (κ3) is 1.79. The van der Waals surface area contributed by atoms with E-state index in [0.29, 0.717) is 17.5 Å². The van der Waals surface area contributed by atoms with E-state index >= 15 is 0 Å². The molecule has 16 heavy (non-hydrogen) atoms. The molecule has 0 saturated heterocycles. The molecule has 2 aromatic rings. The van der Waals surface area contributed by atoms with Gasteiger partial charge >= 0.3 is 5.63 Å². The lowest BCUT2D eigenvalue weighted by atomic mass is 10.1. The van der Waals surface area contributed by atoms with Crippen LogP contribution in [0, 0.1) is 0 Å². The first-order valence-corrected chi connectivity index (χ1v) is 5.18. The molecule has 0 atom stereocenters. The van der Waals surface area contributed by atoms with Crippen LogP contribution in [0.15, 0.2) is 33.5 Å². The molecule has 0 radical (unpaired) electrons. The normalized spacial score (nSPS) is 10.8. The summed E-state index contributed by atoms with van der Waals surface area (Å²) in [6.07, 6.45) is 0. The van der Waals surface area contributed by atoms with Crippen molar-refractivity contribution in [1.29, 1.82) is 0 Å². The Morgan fingerprint density at radius 2 is 2.12 bits per heavy atom. The van der Waals surface area contributed by atoms with Gasteiger partial charge in [-0.2, -0.15) is 0 Å². The lowest BCUT2D eigenvalue weighted by molar-refractivity contribution is 0.452. The minimum atomic E-state index is -0.489. The van der Waals surface area contributed by atoms with Gasteiger partial charge in [-0.25, -0.2) is 4.79 Å². The van der Waals surface area contributed by atoms with E-state index < -0.39 is 5.63 Å². The van der Waals surface area contributed by atoms with E-state index in [1.807, 2.05) is 6.92 Å². The Kier molecular flexibility index (Phi) is 2.92. The van der Waals surface area contributed by atoms with E-state index in [9.17, 15) is 9.90 Å². The van der Waals surface area contributed by atoms with Crippen LogP contribution < -0.4 is 10.9 Å². The molecular formula is C12H13NO3. The Bertz CT molecular complexity index is 560.